The van der Waals surface area contributed by atoms with Crippen molar-refractivity contribution in [2.75, 3.05) is 7.11 Å². The quantitative estimate of drug-likeness (QED) is 0.633. The summed E-state index contributed by atoms with van der Waals surface area (Å²) in [4.78, 5) is 10.1. The van der Waals surface area contributed by atoms with Gasteiger partial charge in [0, 0.05) is 12.7 Å². The van der Waals surface area contributed by atoms with E-state index in [2.05, 4.69) is 0 Å². The third-order valence-corrected chi connectivity index (χ3v) is 1.45. The number of hydrogen-bond donors (Lipinski definition) is 0. The summed E-state index contributed by atoms with van der Waals surface area (Å²) < 4.78 is 9.65. The molecule has 64 valence electrons. The lowest BCUT2D eigenvalue weighted by Crippen LogP contribution is -1.95. The molecule has 1 aromatic carbocycles. The van der Waals surface area contributed by atoms with Crippen LogP contribution in [0.5, 0.6) is 5.75 Å². The Kier molecular flexibility index (Phi) is 3.29. The van der Waals surface area contributed by atoms with Crippen LogP contribution in [0.25, 0.3) is 0 Å². The average molecular weight is 166 g/mol. The van der Waals surface area contributed by atoms with Gasteiger partial charge in [-0.25, -0.2) is 0 Å². The minimum Gasteiger partial charge on any atom is -0.428 e. The molecule has 12 heavy (non-hydrogen) atoms. The highest BCUT2D eigenvalue weighted by Gasteiger charge is 2.00. The number of methoxy groups -OCH3 is 1. The minimum atomic E-state index is 0.411. The van der Waals surface area contributed by atoms with E-state index in [4.69, 9.17) is 9.47 Å². The summed E-state index contributed by atoms with van der Waals surface area (Å²) >= 11 is 0. The number of rotatable bonds is 4. The summed E-state index contributed by atoms with van der Waals surface area (Å²) in [6.45, 7) is 0.860. The first kappa shape index (κ1) is 8.74. The van der Waals surface area contributed by atoms with Crippen LogP contribution in [0.3, 0.4) is 0 Å². The standard InChI is InChI=1S/C9H10O3/c1-11-6-8-4-2-3-5-9(8)12-7-10/h2-5,7H,6H2,1H3. The summed E-state index contributed by atoms with van der Waals surface area (Å²) in [6, 6.07) is 7.25. The van der Waals surface area contributed by atoms with E-state index < -0.39 is 0 Å². The van der Waals surface area contributed by atoms with Crippen LogP contribution in [0.15, 0.2) is 24.3 Å². The molecule has 0 aliphatic carbocycles. The molecule has 0 saturated carbocycles. The fraction of sp³-hybridized carbons (Fsp3) is 0.222. The molecule has 0 heterocycles. The summed E-state index contributed by atoms with van der Waals surface area (Å²) in [5, 5.41) is 0. The van der Waals surface area contributed by atoms with Gasteiger partial charge in [-0.1, -0.05) is 18.2 Å². The third kappa shape index (κ3) is 2.07. The monoisotopic (exact) mass is 166 g/mol. The van der Waals surface area contributed by atoms with Gasteiger partial charge in [-0.3, -0.25) is 4.79 Å². The molecule has 0 aliphatic rings. The van der Waals surface area contributed by atoms with Gasteiger partial charge in [-0.2, -0.15) is 0 Å². The predicted molar refractivity (Wildman–Crippen MR) is 43.8 cm³/mol. The molecular weight excluding hydrogens is 156 g/mol. The Balaban J connectivity index is 2.83. The van der Waals surface area contributed by atoms with E-state index >= 15 is 0 Å². The van der Waals surface area contributed by atoms with Gasteiger partial charge in [0.15, 0.2) is 0 Å². The summed E-state index contributed by atoms with van der Waals surface area (Å²) in [5.74, 6) is 0.550. The maximum atomic E-state index is 10.1. The number of para-hydroxylation sites is 1. The first-order valence-electron chi connectivity index (χ1n) is 3.55. The van der Waals surface area contributed by atoms with Crippen LogP contribution in [-0.2, 0) is 16.1 Å². The van der Waals surface area contributed by atoms with Crippen molar-refractivity contribution in [3.05, 3.63) is 29.8 Å². The normalized spacial score (nSPS) is 9.42. The van der Waals surface area contributed by atoms with E-state index in [-0.39, 0.29) is 0 Å². The topological polar surface area (TPSA) is 35.5 Å². The third-order valence-electron chi connectivity index (χ3n) is 1.45. The zero-order valence-corrected chi connectivity index (χ0v) is 6.82. The number of hydrogen-bond acceptors (Lipinski definition) is 3. The molecule has 0 fully saturated rings. The second-order valence-electron chi connectivity index (χ2n) is 2.25. The maximum Gasteiger partial charge on any atom is 0.298 e. The highest BCUT2D eigenvalue weighted by Crippen LogP contribution is 2.17. The van der Waals surface area contributed by atoms with E-state index in [1.807, 2.05) is 12.1 Å². The van der Waals surface area contributed by atoms with Gasteiger partial charge in [0.25, 0.3) is 6.47 Å². The zero-order valence-electron chi connectivity index (χ0n) is 6.82. The number of benzene rings is 1. The second-order valence-corrected chi connectivity index (χ2v) is 2.25. The molecule has 3 nitrogen and oxygen atoms in total. The molecule has 0 aromatic heterocycles. The molecule has 0 bridgehead atoms. The summed E-state index contributed by atoms with van der Waals surface area (Å²) in [7, 11) is 1.59. The van der Waals surface area contributed by atoms with Crippen LogP contribution >= 0.6 is 0 Å². The van der Waals surface area contributed by atoms with Crippen LogP contribution in [0.1, 0.15) is 5.56 Å². The second kappa shape index (κ2) is 4.51. The van der Waals surface area contributed by atoms with E-state index in [9.17, 15) is 4.79 Å². The van der Waals surface area contributed by atoms with E-state index in [0.29, 0.717) is 18.8 Å². The van der Waals surface area contributed by atoms with Crippen LogP contribution < -0.4 is 4.74 Å². The molecule has 1 rings (SSSR count). The van der Waals surface area contributed by atoms with Crippen LogP contribution in [0, 0.1) is 0 Å². The first-order chi connectivity index (χ1) is 5.88. The highest BCUT2D eigenvalue weighted by atomic mass is 16.5. The summed E-state index contributed by atoms with van der Waals surface area (Å²) in [6.07, 6.45) is 0. The van der Waals surface area contributed by atoms with E-state index in [0.717, 1.165) is 5.56 Å². The zero-order chi connectivity index (χ0) is 8.81. The minimum absolute atomic E-state index is 0.411. The fourth-order valence-corrected chi connectivity index (χ4v) is 0.945. The largest absolute Gasteiger partial charge is 0.428 e. The van der Waals surface area contributed by atoms with Crippen molar-refractivity contribution in [1.82, 2.24) is 0 Å². The predicted octanol–water partition coefficient (Wildman–Crippen LogP) is 1.37. The average Bonchev–Trinajstić information content (AvgIpc) is 2.09. The molecule has 0 amide bonds. The fourth-order valence-electron chi connectivity index (χ4n) is 0.945. The number of carbonyl (C=O) groups excluding carboxylic acids is 1. The molecular formula is C9H10O3. The Morgan fingerprint density at radius 2 is 2.17 bits per heavy atom. The molecule has 0 radical (unpaired) electrons. The van der Waals surface area contributed by atoms with Crippen molar-refractivity contribution in [3.8, 4) is 5.75 Å². The van der Waals surface area contributed by atoms with Crippen LogP contribution in [-0.4, -0.2) is 13.6 Å². The van der Waals surface area contributed by atoms with Gasteiger partial charge in [0.2, 0.25) is 0 Å². The lowest BCUT2D eigenvalue weighted by Gasteiger charge is -2.04. The lowest BCUT2D eigenvalue weighted by molar-refractivity contribution is -0.120. The lowest BCUT2D eigenvalue weighted by atomic mass is 10.2. The smallest absolute Gasteiger partial charge is 0.298 e. The molecule has 0 atom stereocenters. The Labute approximate surface area is 70.9 Å². The van der Waals surface area contributed by atoms with Crippen LogP contribution in [0.2, 0.25) is 0 Å². The maximum absolute atomic E-state index is 10.1. The van der Waals surface area contributed by atoms with Gasteiger partial charge in [0.1, 0.15) is 5.75 Å². The van der Waals surface area contributed by atoms with E-state index in [1.54, 1.807) is 19.2 Å². The molecule has 0 unspecified atom stereocenters. The van der Waals surface area contributed by atoms with Gasteiger partial charge in [-0.05, 0) is 6.07 Å². The van der Waals surface area contributed by atoms with Gasteiger partial charge < -0.3 is 9.47 Å². The van der Waals surface area contributed by atoms with Gasteiger partial charge in [0.05, 0.1) is 6.61 Å². The molecule has 0 saturated heterocycles. The van der Waals surface area contributed by atoms with Crippen molar-refractivity contribution < 1.29 is 14.3 Å². The Hall–Kier alpha value is -1.35. The van der Waals surface area contributed by atoms with Crippen LogP contribution in [0.4, 0.5) is 0 Å². The van der Waals surface area contributed by atoms with E-state index in [1.165, 1.54) is 0 Å². The Bertz CT molecular complexity index is 258. The van der Waals surface area contributed by atoms with Crippen molar-refractivity contribution in [1.29, 1.82) is 0 Å². The van der Waals surface area contributed by atoms with Gasteiger partial charge >= 0.3 is 0 Å². The van der Waals surface area contributed by atoms with Crippen molar-refractivity contribution >= 4 is 6.47 Å². The first-order valence-corrected chi connectivity index (χ1v) is 3.55. The molecule has 0 aliphatic heterocycles. The Morgan fingerprint density at radius 3 is 2.83 bits per heavy atom. The van der Waals surface area contributed by atoms with Gasteiger partial charge in [-0.15, -0.1) is 0 Å². The molecule has 3 heteroatoms. The molecule has 0 N–H and O–H groups in total. The highest BCUT2D eigenvalue weighted by molar-refractivity contribution is 5.47. The van der Waals surface area contributed by atoms with Crippen molar-refractivity contribution in [2.45, 2.75) is 6.61 Å². The van der Waals surface area contributed by atoms with Crippen molar-refractivity contribution in [2.24, 2.45) is 0 Å². The Morgan fingerprint density at radius 1 is 1.42 bits per heavy atom. The summed E-state index contributed by atoms with van der Waals surface area (Å²) in [5.41, 5.74) is 0.868. The van der Waals surface area contributed by atoms with Crippen molar-refractivity contribution in [3.63, 3.8) is 0 Å². The SMILES string of the molecule is COCc1ccccc1OC=O. The number of carbonyl (C=O) groups is 1. The molecule has 0 spiro atoms. The molecule has 1 aromatic rings. The number of ether oxygens (including phenoxy) is 2.